The van der Waals surface area contributed by atoms with Crippen LogP contribution in [0.5, 0.6) is 0 Å². The number of aromatic nitrogens is 1. The predicted octanol–water partition coefficient (Wildman–Crippen LogP) is 2.40. The summed E-state index contributed by atoms with van der Waals surface area (Å²) < 4.78 is 0. The smallest absolute Gasteiger partial charge is 0.144 e. The van der Waals surface area contributed by atoms with Gasteiger partial charge in [-0.15, -0.1) is 0 Å². The molecule has 1 saturated carbocycles. The highest BCUT2D eigenvalue weighted by Crippen LogP contribution is 2.42. The van der Waals surface area contributed by atoms with E-state index in [9.17, 15) is 10.4 Å². The number of aliphatic hydroxyl groups excluding tert-OH is 1. The number of rotatable bonds is 2. The molecular formula is C16H21N3O. The SMILES string of the molecule is CC1(C)C(O)CC1Nc1nc2c(cc1C#N)CCCC2. The number of nitrogens with zero attached hydrogens (tertiary/aromatic N) is 2. The molecule has 0 saturated heterocycles. The van der Waals surface area contributed by atoms with Crippen molar-refractivity contribution < 1.29 is 5.11 Å². The van der Waals surface area contributed by atoms with Crippen LogP contribution in [0.1, 0.15) is 49.9 Å². The normalized spacial score (nSPS) is 27.1. The zero-order valence-electron chi connectivity index (χ0n) is 12.1. The van der Waals surface area contributed by atoms with Gasteiger partial charge in [0.2, 0.25) is 0 Å². The topological polar surface area (TPSA) is 68.9 Å². The minimum Gasteiger partial charge on any atom is -0.392 e. The van der Waals surface area contributed by atoms with E-state index in [1.807, 2.05) is 19.9 Å². The van der Waals surface area contributed by atoms with Crippen LogP contribution in [0.3, 0.4) is 0 Å². The maximum absolute atomic E-state index is 9.82. The quantitative estimate of drug-likeness (QED) is 0.866. The Morgan fingerprint density at radius 2 is 2.15 bits per heavy atom. The summed E-state index contributed by atoms with van der Waals surface area (Å²) in [5, 5.41) is 22.5. The molecule has 20 heavy (non-hydrogen) atoms. The molecule has 2 atom stereocenters. The molecule has 0 bridgehead atoms. The van der Waals surface area contributed by atoms with Gasteiger partial charge in [-0.1, -0.05) is 13.8 Å². The fraction of sp³-hybridized carbons (Fsp3) is 0.625. The second-order valence-corrected chi connectivity index (χ2v) is 6.58. The van der Waals surface area contributed by atoms with Gasteiger partial charge in [-0.2, -0.15) is 5.26 Å². The molecule has 1 aromatic rings. The summed E-state index contributed by atoms with van der Waals surface area (Å²) in [5.41, 5.74) is 2.83. The summed E-state index contributed by atoms with van der Waals surface area (Å²) in [4.78, 5) is 4.68. The monoisotopic (exact) mass is 271 g/mol. The van der Waals surface area contributed by atoms with Crippen molar-refractivity contribution in [2.75, 3.05) is 5.32 Å². The van der Waals surface area contributed by atoms with E-state index in [0.717, 1.165) is 25.0 Å². The van der Waals surface area contributed by atoms with Crippen LogP contribution in [0, 0.1) is 16.7 Å². The molecule has 0 amide bonds. The predicted molar refractivity (Wildman–Crippen MR) is 77.4 cm³/mol. The maximum atomic E-state index is 9.82. The van der Waals surface area contributed by atoms with Crippen molar-refractivity contribution in [3.8, 4) is 6.07 Å². The average molecular weight is 271 g/mol. The number of fused-ring (bicyclic) bond motifs is 1. The van der Waals surface area contributed by atoms with Crippen molar-refractivity contribution in [2.24, 2.45) is 5.41 Å². The van der Waals surface area contributed by atoms with Crippen LogP contribution in [0.25, 0.3) is 0 Å². The van der Waals surface area contributed by atoms with Gasteiger partial charge in [0.25, 0.3) is 0 Å². The molecule has 2 aliphatic carbocycles. The van der Waals surface area contributed by atoms with Crippen LogP contribution in [0.4, 0.5) is 5.82 Å². The van der Waals surface area contributed by atoms with Gasteiger partial charge in [0.1, 0.15) is 11.9 Å². The van der Waals surface area contributed by atoms with Crippen LogP contribution < -0.4 is 5.32 Å². The molecule has 0 aliphatic heterocycles. The second kappa shape index (κ2) is 4.75. The van der Waals surface area contributed by atoms with E-state index < -0.39 is 0 Å². The van der Waals surface area contributed by atoms with E-state index in [-0.39, 0.29) is 17.6 Å². The largest absolute Gasteiger partial charge is 0.392 e. The van der Waals surface area contributed by atoms with Gasteiger partial charge in [0.15, 0.2) is 0 Å². The summed E-state index contributed by atoms with van der Waals surface area (Å²) in [7, 11) is 0. The Labute approximate surface area is 119 Å². The Morgan fingerprint density at radius 3 is 2.80 bits per heavy atom. The van der Waals surface area contributed by atoms with Crippen molar-refractivity contribution in [1.29, 1.82) is 5.26 Å². The van der Waals surface area contributed by atoms with Crippen molar-refractivity contribution in [2.45, 2.75) is 58.1 Å². The first-order valence-electron chi connectivity index (χ1n) is 7.40. The van der Waals surface area contributed by atoms with Crippen molar-refractivity contribution in [1.82, 2.24) is 4.98 Å². The first kappa shape index (κ1) is 13.4. The lowest BCUT2D eigenvalue weighted by Gasteiger charge is -2.49. The fourth-order valence-corrected chi connectivity index (χ4v) is 3.14. The molecule has 3 rings (SSSR count). The molecule has 4 nitrogen and oxygen atoms in total. The van der Waals surface area contributed by atoms with E-state index in [0.29, 0.717) is 11.4 Å². The molecule has 0 radical (unpaired) electrons. The number of hydrogen-bond donors (Lipinski definition) is 2. The molecule has 2 aliphatic rings. The zero-order chi connectivity index (χ0) is 14.3. The summed E-state index contributed by atoms with van der Waals surface area (Å²) in [6.07, 6.45) is 4.85. The Morgan fingerprint density at radius 1 is 1.40 bits per heavy atom. The molecule has 0 aromatic carbocycles. The number of nitriles is 1. The van der Waals surface area contributed by atoms with Crippen molar-refractivity contribution in [3.05, 3.63) is 22.9 Å². The minimum absolute atomic E-state index is 0.162. The number of anilines is 1. The molecule has 106 valence electrons. The molecule has 2 unspecified atom stereocenters. The van der Waals surface area contributed by atoms with Crippen LogP contribution in [-0.2, 0) is 12.8 Å². The number of aliphatic hydroxyl groups is 1. The average Bonchev–Trinajstić information content (AvgIpc) is 2.46. The standard InChI is InChI=1S/C16H21N3O/c1-16(2)13(8-14(16)20)19-15-11(9-17)7-10-5-3-4-6-12(10)18-15/h7,13-14,20H,3-6,8H2,1-2H3,(H,18,19). The van der Waals surface area contributed by atoms with Gasteiger partial charge < -0.3 is 10.4 Å². The van der Waals surface area contributed by atoms with Crippen LogP contribution >= 0.6 is 0 Å². The highest BCUT2D eigenvalue weighted by Gasteiger charge is 2.47. The van der Waals surface area contributed by atoms with Gasteiger partial charge in [0.05, 0.1) is 11.7 Å². The number of aryl methyl sites for hydroxylation is 2. The zero-order valence-corrected chi connectivity index (χ0v) is 12.1. The third kappa shape index (κ3) is 2.06. The van der Waals surface area contributed by atoms with Gasteiger partial charge in [-0.3, -0.25) is 0 Å². The molecule has 1 heterocycles. The van der Waals surface area contributed by atoms with Gasteiger partial charge >= 0.3 is 0 Å². The lowest BCUT2D eigenvalue weighted by atomic mass is 9.64. The van der Waals surface area contributed by atoms with E-state index >= 15 is 0 Å². The lowest BCUT2D eigenvalue weighted by molar-refractivity contribution is -0.0511. The van der Waals surface area contributed by atoms with Gasteiger partial charge in [-0.05, 0) is 43.7 Å². The van der Waals surface area contributed by atoms with Crippen LogP contribution in [0.15, 0.2) is 6.07 Å². The molecule has 4 heteroatoms. The third-order valence-corrected chi connectivity index (χ3v) is 4.95. The number of pyridine rings is 1. The van der Waals surface area contributed by atoms with E-state index in [2.05, 4.69) is 16.4 Å². The maximum Gasteiger partial charge on any atom is 0.144 e. The van der Waals surface area contributed by atoms with Gasteiger partial charge in [0, 0.05) is 17.2 Å². The Hall–Kier alpha value is -1.60. The first-order chi connectivity index (χ1) is 9.52. The minimum atomic E-state index is -0.275. The van der Waals surface area contributed by atoms with Crippen LogP contribution in [-0.4, -0.2) is 22.2 Å². The fourth-order valence-electron chi connectivity index (χ4n) is 3.14. The molecular weight excluding hydrogens is 250 g/mol. The highest BCUT2D eigenvalue weighted by atomic mass is 16.3. The summed E-state index contributed by atoms with van der Waals surface area (Å²) in [6.45, 7) is 4.09. The second-order valence-electron chi connectivity index (χ2n) is 6.58. The Balaban J connectivity index is 1.88. The Kier molecular flexibility index (Phi) is 3.18. The summed E-state index contributed by atoms with van der Waals surface area (Å²) in [5.74, 6) is 0.693. The Bertz CT molecular complexity index is 574. The van der Waals surface area contributed by atoms with Crippen LogP contribution in [0.2, 0.25) is 0 Å². The van der Waals surface area contributed by atoms with Crippen molar-refractivity contribution in [3.63, 3.8) is 0 Å². The number of nitrogens with one attached hydrogen (secondary N) is 1. The molecule has 1 fully saturated rings. The summed E-state index contributed by atoms with van der Waals surface area (Å²) >= 11 is 0. The van der Waals surface area contributed by atoms with E-state index in [4.69, 9.17) is 0 Å². The lowest BCUT2D eigenvalue weighted by Crippen LogP contribution is -2.57. The van der Waals surface area contributed by atoms with E-state index in [1.54, 1.807) is 0 Å². The summed E-state index contributed by atoms with van der Waals surface area (Å²) in [6, 6.07) is 4.42. The van der Waals surface area contributed by atoms with E-state index in [1.165, 1.54) is 18.4 Å². The van der Waals surface area contributed by atoms with Crippen molar-refractivity contribution >= 4 is 5.82 Å². The highest BCUT2D eigenvalue weighted by molar-refractivity contribution is 5.55. The number of hydrogen-bond acceptors (Lipinski definition) is 4. The first-order valence-corrected chi connectivity index (χ1v) is 7.40. The molecule has 0 spiro atoms. The molecule has 1 aromatic heterocycles. The molecule has 2 N–H and O–H groups in total. The third-order valence-electron chi connectivity index (χ3n) is 4.95. The van der Waals surface area contributed by atoms with Gasteiger partial charge in [-0.25, -0.2) is 4.98 Å².